The first-order chi connectivity index (χ1) is 9.06. The maximum absolute atomic E-state index is 10.9. The molecule has 0 spiro atoms. The Labute approximate surface area is 118 Å². The van der Waals surface area contributed by atoms with Crippen molar-refractivity contribution in [1.82, 2.24) is 20.2 Å². The third kappa shape index (κ3) is 3.55. The summed E-state index contributed by atoms with van der Waals surface area (Å²) in [6, 6.07) is 4.87. The van der Waals surface area contributed by atoms with Crippen LogP contribution < -0.4 is 5.73 Å². The quantitative estimate of drug-likeness (QED) is 0.929. The zero-order chi connectivity index (χ0) is 13.8. The van der Waals surface area contributed by atoms with Crippen LogP contribution in [-0.4, -0.2) is 26.3 Å². The van der Waals surface area contributed by atoms with Crippen molar-refractivity contribution in [2.75, 3.05) is 0 Å². The smallest absolute Gasteiger partial charge is 0.405 e. The molecule has 1 atom stereocenters. The normalized spacial score (nSPS) is 12.1. The second-order valence-electron chi connectivity index (χ2n) is 3.59. The van der Waals surface area contributed by atoms with Crippen LogP contribution >= 0.6 is 23.2 Å². The highest BCUT2D eigenvalue weighted by atomic mass is 35.5. The van der Waals surface area contributed by atoms with Crippen LogP contribution in [-0.2, 0) is 11.3 Å². The number of nitrogens with two attached hydrogens (primary N) is 1. The number of primary amides is 1. The van der Waals surface area contributed by atoms with Crippen LogP contribution in [0.1, 0.15) is 11.7 Å². The van der Waals surface area contributed by atoms with Crippen LogP contribution in [0, 0.1) is 0 Å². The standard InChI is InChI=1S/C10H9Cl2N5O2/c11-7-2-1-6(3-8(7)12)9(19-10(13)18)4-17-15-5-14-16-17/h1-3,5,9H,4H2,(H2,13,18). The summed E-state index contributed by atoms with van der Waals surface area (Å²) < 4.78 is 5.01. The topological polar surface area (TPSA) is 95.9 Å². The Morgan fingerprint density at radius 1 is 1.42 bits per heavy atom. The molecule has 2 N–H and O–H groups in total. The Kier molecular flexibility index (Phi) is 4.18. The minimum Gasteiger partial charge on any atom is -0.439 e. The zero-order valence-corrected chi connectivity index (χ0v) is 11.0. The molecule has 0 aliphatic rings. The van der Waals surface area contributed by atoms with Gasteiger partial charge in [0.2, 0.25) is 0 Å². The number of aromatic nitrogens is 4. The number of hydrogen-bond acceptors (Lipinski definition) is 5. The van der Waals surface area contributed by atoms with Gasteiger partial charge in [-0.2, -0.15) is 4.80 Å². The van der Waals surface area contributed by atoms with E-state index in [2.05, 4.69) is 15.4 Å². The number of amides is 1. The van der Waals surface area contributed by atoms with E-state index in [1.165, 1.54) is 11.1 Å². The molecule has 2 aromatic rings. The molecule has 2 rings (SSSR count). The zero-order valence-electron chi connectivity index (χ0n) is 9.53. The number of ether oxygens (including phenoxy) is 1. The van der Waals surface area contributed by atoms with Gasteiger partial charge in [-0.25, -0.2) is 4.79 Å². The van der Waals surface area contributed by atoms with Crippen molar-refractivity contribution in [3.63, 3.8) is 0 Å². The Balaban J connectivity index is 2.25. The van der Waals surface area contributed by atoms with Crippen LogP contribution in [0.25, 0.3) is 0 Å². The number of nitrogens with zero attached hydrogens (tertiary/aromatic N) is 4. The second-order valence-corrected chi connectivity index (χ2v) is 4.40. The number of benzene rings is 1. The first-order valence-electron chi connectivity index (χ1n) is 5.18. The second kappa shape index (κ2) is 5.85. The summed E-state index contributed by atoms with van der Waals surface area (Å²) in [5.74, 6) is 0. The number of halogens is 2. The molecule has 1 unspecified atom stereocenters. The fraction of sp³-hybridized carbons (Fsp3) is 0.200. The van der Waals surface area contributed by atoms with Gasteiger partial charge in [0.05, 0.1) is 10.0 Å². The third-order valence-electron chi connectivity index (χ3n) is 2.29. The molecule has 0 fully saturated rings. The van der Waals surface area contributed by atoms with Gasteiger partial charge in [0.25, 0.3) is 0 Å². The summed E-state index contributed by atoms with van der Waals surface area (Å²) in [7, 11) is 0. The lowest BCUT2D eigenvalue weighted by molar-refractivity contribution is 0.0900. The van der Waals surface area contributed by atoms with Gasteiger partial charge < -0.3 is 10.5 Å². The highest BCUT2D eigenvalue weighted by Gasteiger charge is 2.18. The van der Waals surface area contributed by atoms with Gasteiger partial charge in [0.1, 0.15) is 6.54 Å². The largest absolute Gasteiger partial charge is 0.439 e. The summed E-state index contributed by atoms with van der Waals surface area (Å²) in [6.07, 6.45) is -0.312. The highest BCUT2D eigenvalue weighted by molar-refractivity contribution is 6.42. The Bertz CT molecular complexity index is 575. The molecule has 0 radical (unpaired) electrons. The molecule has 0 aliphatic carbocycles. The first kappa shape index (κ1) is 13.6. The molecule has 1 heterocycles. The van der Waals surface area contributed by atoms with Crippen molar-refractivity contribution >= 4 is 29.3 Å². The van der Waals surface area contributed by atoms with E-state index < -0.39 is 12.2 Å². The van der Waals surface area contributed by atoms with Gasteiger partial charge in [-0.05, 0) is 22.9 Å². The van der Waals surface area contributed by atoms with Crippen molar-refractivity contribution in [3.8, 4) is 0 Å². The molecular formula is C10H9Cl2N5O2. The monoisotopic (exact) mass is 301 g/mol. The lowest BCUT2D eigenvalue weighted by Crippen LogP contribution is -2.22. The molecule has 0 saturated carbocycles. The summed E-state index contributed by atoms with van der Waals surface area (Å²) in [6.45, 7) is 0.168. The first-order valence-corrected chi connectivity index (χ1v) is 5.93. The molecule has 1 aromatic heterocycles. The summed E-state index contributed by atoms with van der Waals surface area (Å²) >= 11 is 11.8. The predicted octanol–water partition coefficient (Wildman–Crippen LogP) is 1.82. The minimum absolute atomic E-state index is 0.168. The van der Waals surface area contributed by atoms with Gasteiger partial charge in [-0.3, -0.25) is 0 Å². The predicted molar refractivity (Wildman–Crippen MR) is 67.7 cm³/mol. The van der Waals surface area contributed by atoms with E-state index in [-0.39, 0.29) is 6.54 Å². The Morgan fingerprint density at radius 3 is 2.79 bits per heavy atom. The lowest BCUT2D eigenvalue weighted by Gasteiger charge is -2.16. The Hall–Kier alpha value is -1.86. The average molecular weight is 302 g/mol. The summed E-state index contributed by atoms with van der Waals surface area (Å²) in [4.78, 5) is 12.2. The van der Waals surface area contributed by atoms with Crippen molar-refractivity contribution < 1.29 is 9.53 Å². The van der Waals surface area contributed by atoms with Crippen molar-refractivity contribution in [3.05, 3.63) is 40.1 Å². The van der Waals surface area contributed by atoms with Crippen molar-refractivity contribution in [1.29, 1.82) is 0 Å². The van der Waals surface area contributed by atoms with E-state index in [1.807, 2.05) is 0 Å². The molecule has 1 aromatic carbocycles. The maximum atomic E-state index is 10.9. The van der Waals surface area contributed by atoms with E-state index in [4.69, 9.17) is 33.7 Å². The fourth-order valence-corrected chi connectivity index (χ4v) is 1.79. The maximum Gasteiger partial charge on any atom is 0.405 e. The summed E-state index contributed by atoms with van der Waals surface area (Å²) in [5, 5.41) is 11.8. The van der Waals surface area contributed by atoms with E-state index in [1.54, 1.807) is 18.2 Å². The van der Waals surface area contributed by atoms with Gasteiger partial charge in [0.15, 0.2) is 12.4 Å². The molecule has 1 amide bonds. The highest BCUT2D eigenvalue weighted by Crippen LogP contribution is 2.27. The number of rotatable bonds is 4. The number of hydrogen-bond donors (Lipinski definition) is 1. The lowest BCUT2D eigenvalue weighted by atomic mass is 10.1. The Morgan fingerprint density at radius 2 is 2.21 bits per heavy atom. The van der Waals surface area contributed by atoms with Gasteiger partial charge in [-0.1, -0.05) is 29.3 Å². The van der Waals surface area contributed by atoms with Crippen LogP contribution in [0.2, 0.25) is 10.0 Å². The van der Waals surface area contributed by atoms with Crippen molar-refractivity contribution in [2.24, 2.45) is 5.73 Å². The fourth-order valence-electron chi connectivity index (χ4n) is 1.48. The van der Waals surface area contributed by atoms with Crippen LogP contribution in [0.15, 0.2) is 24.5 Å². The van der Waals surface area contributed by atoms with E-state index in [9.17, 15) is 4.79 Å². The SMILES string of the molecule is NC(=O)OC(Cn1ncnn1)c1ccc(Cl)c(Cl)c1. The summed E-state index contributed by atoms with van der Waals surface area (Å²) in [5.41, 5.74) is 5.67. The molecule has 100 valence electrons. The molecule has 7 nitrogen and oxygen atoms in total. The van der Waals surface area contributed by atoms with Crippen LogP contribution in [0.5, 0.6) is 0 Å². The number of carbonyl (C=O) groups excluding carboxylic acids is 1. The molecule has 0 aliphatic heterocycles. The molecule has 9 heteroatoms. The third-order valence-corrected chi connectivity index (χ3v) is 3.03. The average Bonchev–Trinajstić information content (AvgIpc) is 2.84. The van der Waals surface area contributed by atoms with Crippen LogP contribution in [0.3, 0.4) is 0 Å². The van der Waals surface area contributed by atoms with E-state index in [0.717, 1.165) is 0 Å². The van der Waals surface area contributed by atoms with Crippen molar-refractivity contribution in [2.45, 2.75) is 12.6 Å². The molecule has 0 bridgehead atoms. The number of carbonyl (C=O) groups is 1. The van der Waals surface area contributed by atoms with Gasteiger partial charge in [0, 0.05) is 0 Å². The molecule has 19 heavy (non-hydrogen) atoms. The van der Waals surface area contributed by atoms with E-state index in [0.29, 0.717) is 15.6 Å². The minimum atomic E-state index is -0.906. The molecule has 0 saturated heterocycles. The van der Waals surface area contributed by atoms with Gasteiger partial charge in [-0.15, -0.1) is 10.2 Å². The molecular weight excluding hydrogens is 293 g/mol. The number of tetrazole rings is 1. The van der Waals surface area contributed by atoms with Gasteiger partial charge >= 0.3 is 6.09 Å². The van der Waals surface area contributed by atoms with Crippen LogP contribution in [0.4, 0.5) is 4.79 Å². The van der Waals surface area contributed by atoms with E-state index >= 15 is 0 Å².